The highest BCUT2D eigenvalue weighted by Crippen LogP contribution is 2.31. The Labute approximate surface area is 159 Å². The van der Waals surface area contributed by atoms with Crippen molar-refractivity contribution in [1.82, 2.24) is 20.0 Å². The van der Waals surface area contributed by atoms with Gasteiger partial charge in [0, 0.05) is 64.2 Å². The van der Waals surface area contributed by atoms with Crippen molar-refractivity contribution >= 4 is 17.8 Å². The first kappa shape index (κ1) is 19.0. The first-order valence-electron chi connectivity index (χ1n) is 9.00. The predicted molar refractivity (Wildman–Crippen MR) is 99.6 cm³/mol. The SMILES string of the molecule is COc1ccc(C(=O)N2CCN(C(=O)N(C)C)CC3(CNC(=O)C3)C2)cc1. The van der Waals surface area contributed by atoms with Crippen molar-refractivity contribution in [3.63, 3.8) is 0 Å². The van der Waals surface area contributed by atoms with Gasteiger partial charge < -0.3 is 24.8 Å². The Morgan fingerprint density at radius 2 is 1.74 bits per heavy atom. The number of hydrogen-bond acceptors (Lipinski definition) is 4. The van der Waals surface area contributed by atoms with E-state index in [0.717, 1.165) is 0 Å². The van der Waals surface area contributed by atoms with Gasteiger partial charge in [0.15, 0.2) is 0 Å². The molecule has 2 fully saturated rings. The Morgan fingerprint density at radius 3 is 2.30 bits per heavy atom. The first-order valence-corrected chi connectivity index (χ1v) is 9.00. The number of benzene rings is 1. The lowest BCUT2D eigenvalue weighted by Gasteiger charge is -2.33. The third kappa shape index (κ3) is 3.99. The second kappa shape index (κ2) is 7.46. The van der Waals surface area contributed by atoms with Crippen LogP contribution >= 0.6 is 0 Å². The molecule has 146 valence electrons. The van der Waals surface area contributed by atoms with Crippen molar-refractivity contribution in [2.24, 2.45) is 5.41 Å². The van der Waals surface area contributed by atoms with Gasteiger partial charge in [-0.15, -0.1) is 0 Å². The van der Waals surface area contributed by atoms with Gasteiger partial charge in [-0.05, 0) is 24.3 Å². The Kier molecular flexibility index (Phi) is 5.25. The smallest absolute Gasteiger partial charge is 0.319 e. The summed E-state index contributed by atoms with van der Waals surface area (Å²) in [5, 5.41) is 2.87. The molecule has 0 saturated carbocycles. The van der Waals surface area contributed by atoms with Gasteiger partial charge in [0.1, 0.15) is 5.75 Å². The minimum absolute atomic E-state index is 0.0361. The molecular formula is C19H26N4O4. The molecule has 1 aromatic rings. The summed E-state index contributed by atoms with van der Waals surface area (Å²) >= 11 is 0. The van der Waals surface area contributed by atoms with Crippen LogP contribution < -0.4 is 10.1 Å². The maximum atomic E-state index is 13.1. The molecule has 1 N–H and O–H groups in total. The zero-order valence-electron chi connectivity index (χ0n) is 16.0. The number of rotatable bonds is 2. The highest BCUT2D eigenvalue weighted by Gasteiger charge is 2.45. The van der Waals surface area contributed by atoms with E-state index in [1.807, 2.05) is 0 Å². The molecule has 0 radical (unpaired) electrons. The maximum absolute atomic E-state index is 13.1. The average Bonchev–Trinajstić information content (AvgIpc) is 2.91. The highest BCUT2D eigenvalue weighted by molar-refractivity contribution is 5.94. The van der Waals surface area contributed by atoms with Crippen molar-refractivity contribution in [3.05, 3.63) is 29.8 Å². The molecule has 3 rings (SSSR count). The van der Waals surface area contributed by atoms with Gasteiger partial charge >= 0.3 is 6.03 Å². The molecule has 1 atom stereocenters. The van der Waals surface area contributed by atoms with Crippen LogP contribution in [0, 0.1) is 5.41 Å². The molecule has 1 aromatic carbocycles. The van der Waals surface area contributed by atoms with Gasteiger partial charge in [-0.1, -0.05) is 0 Å². The highest BCUT2D eigenvalue weighted by atomic mass is 16.5. The van der Waals surface area contributed by atoms with Crippen LogP contribution in [-0.2, 0) is 4.79 Å². The lowest BCUT2D eigenvalue weighted by atomic mass is 9.86. The van der Waals surface area contributed by atoms with E-state index >= 15 is 0 Å². The lowest BCUT2D eigenvalue weighted by Crippen LogP contribution is -2.47. The van der Waals surface area contributed by atoms with E-state index < -0.39 is 5.41 Å². The zero-order chi connectivity index (χ0) is 19.6. The van der Waals surface area contributed by atoms with Crippen molar-refractivity contribution in [2.45, 2.75) is 6.42 Å². The number of hydrogen-bond donors (Lipinski definition) is 1. The topological polar surface area (TPSA) is 82.2 Å². The van der Waals surface area contributed by atoms with Gasteiger partial charge in [-0.25, -0.2) is 4.79 Å². The molecule has 2 aliphatic rings. The molecule has 0 aliphatic carbocycles. The third-order valence-electron chi connectivity index (χ3n) is 5.17. The second-order valence-electron chi connectivity index (χ2n) is 7.51. The molecule has 2 aliphatic heterocycles. The van der Waals surface area contributed by atoms with Crippen molar-refractivity contribution in [2.75, 3.05) is 53.9 Å². The van der Waals surface area contributed by atoms with Crippen LogP contribution in [0.4, 0.5) is 4.79 Å². The van der Waals surface area contributed by atoms with Crippen LogP contribution in [0.3, 0.4) is 0 Å². The zero-order valence-corrected chi connectivity index (χ0v) is 16.0. The lowest BCUT2D eigenvalue weighted by molar-refractivity contribution is -0.119. The normalized spacial score (nSPS) is 22.4. The predicted octanol–water partition coefficient (Wildman–Crippen LogP) is 0.641. The Balaban J connectivity index is 1.84. The number of urea groups is 1. The van der Waals surface area contributed by atoms with Crippen LogP contribution in [0.25, 0.3) is 0 Å². The van der Waals surface area contributed by atoms with E-state index in [4.69, 9.17) is 4.74 Å². The molecule has 0 aromatic heterocycles. The Morgan fingerprint density at radius 1 is 1.11 bits per heavy atom. The van der Waals surface area contributed by atoms with E-state index in [9.17, 15) is 14.4 Å². The van der Waals surface area contributed by atoms with E-state index in [-0.39, 0.29) is 17.8 Å². The summed E-state index contributed by atoms with van der Waals surface area (Å²) in [5.41, 5.74) is 0.108. The number of methoxy groups -OCH3 is 1. The molecule has 8 heteroatoms. The summed E-state index contributed by atoms with van der Waals surface area (Å²) in [5.74, 6) is 0.550. The van der Waals surface area contributed by atoms with Gasteiger partial charge in [-0.2, -0.15) is 0 Å². The monoisotopic (exact) mass is 374 g/mol. The van der Waals surface area contributed by atoms with Crippen LogP contribution in [0.5, 0.6) is 5.75 Å². The molecule has 1 unspecified atom stereocenters. The molecular weight excluding hydrogens is 348 g/mol. The van der Waals surface area contributed by atoms with Crippen molar-refractivity contribution in [1.29, 1.82) is 0 Å². The molecule has 1 spiro atoms. The molecule has 8 nitrogen and oxygen atoms in total. The van der Waals surface area contributed by atoms with Crippen LogP contribution in [-0.4, -0.2) is 86.5 Å². The Bertz CT molecular complexity index is 734. The van der Waals surface area contributed by atoms with Crippen LogP contribution in [0.15, 0.2) is 24.3 Å². The number of carbonyl (C=O) groups is 3. The molecule has 2 heterocycles. The van der Waals surface area contributed by atoms with Crippen molar-refractivity contribution in [3.8, 4) is 5.75 Å². The number of ether oxygens (including phenoxy) is 1. The standard InChI is InChI=1S/C19H26N4O4/c1-21(2)18(26)23-9-8-22(12-19(13-23)10-16(24)20-11-19)17(25)14-4-6-15(27-3)7-5-14/h4-7H,8-13H2,1-3H3,(H,20,24). The number of nitrogens with zero attached hydrogens (tertiary/aromatic N) is 3. The molecule has 2 saturated heterocycles. The van der Waals surface area contributed by atoms with E-state index in [0.29, 0.717) is 50.5 Å². The van der Waals surface area contributed by atoms with E-state index in [1.165, 1.54) is 4.90 Å². The molecule has 4 amide bonds. The number of carbonyl (C=O) groups excluding carboxylic acids is 3. The van der Waals surface area contributed by atoms with Crippen LogP contribution in [0.2, 0.25) is 0 Å². The minimum Gasteiger partial charge on any atom is -0.497 e. The van der Waals surface area contributed by atoms with Gasteiger partial charge in [0.05, 0.1) is 7.11 Å². The van der Waals surface area contributed by atoms with E-state index in [1.54, 1.807) is 55.3 Å². The molecule has 27 heavy (non-hydrogen) atoms. The summed E-state index contributed by atoms with van der Waals surface area (Å²) < 4.78 is 5.15. The second-order valence-corrected chi connectivity index (χ2v) is 7.51. The minimum atomic E-state index is -0.457. The summed E-state index contributed by atoms with van der Waals surface area (Å²) in [6, 6.07) is 6.87. The Hall–Kier alpha value is -2.77. The number of nitrogens with one attached hydrogen (secondary N) is 1. The first-order chi connectivity index (χ1) is 12.8. The maximum Gasteiger partial charge on any atom is 0.319 e. The molecule has 0 bridgehead atoms. The number of amides is 4. The quantitative estimate of drug-likeness (QED) is 0.824. The fourth-order valence-corrected chi connectivity index (χ4v) is 3.77. The summed E-state index contributed by atoms with van der Waals surface area (Å²) in [7, 11) is 4.99. The van der Waals surface area contributed by atoms with Crippen LogP contribution in [0.1, 0.15) is 16.8 Å². The summed E-state index contributed by atoms with van der Waals surface area (Å²) in [6.45, 7) is 2.23. The van der Waals surface area contributed by atoms with E-state index in [2.05, 4.69) is 5.32 Å². The summed E-state index contributed by atoms with van der Waals surface area (Å²) in [4.78, 5) is 42.5. The summed E-state index contributed by atoms with van der Waals surface area (Å²) in [6.07, 6.45) is 0.316. The third-order valence-corrected chi connectivity index (χ3v) is 5.17. The van der Waals surface area contributed by atoms with Gasteiger partial charge in [-0.3, -0.25) is 9.59 Å². The fraction of sp³-hybridized carbons (Fsp3) is 0.526. The van der Waals surface area contributed by atoms with Gasteiger partial charge in [0.2, 0.25) is 5.91 Å². The van der Waals surface area contributed by atoms with Gasteiger partial charge in [0.25, 0.3) is 5.91 Å². The fourth-order valence-electron chi connectivity index (χ4n) is 3.77. The van der Waals surface area contributed by atoms with Crippen molar-refractivity contribution < 1.29 is 19.1 Å². The average molecular weight is 374 g/mol. The largest absolute Gasteiger partial charge is 0.497 e.